The molecule has 3 aromatic carbocycles. The summed E-state index contributed by atoms with van der Waals surface area (Å²) in [6, 6.07) is 14.7. The van der Waals surface area contributed by atoms with Crippen LogP contribution in [0.1, 0.15) is 94.4 Å². The molecule has 6 aliphatic rings. The monoisotopic (exact) mass is 612 g/mol. The number of ketones is 1. The van der Waals surface area contributed by atoms with Crippen LogP contribution in [-0.2, 0) is 11.2 Å². The van der Waals surface area contributed by atoms with Gasteiger partial charge in [0.25, 0.3) is 0 Å². The Morgan fingerprint density at radius 1 is 0.826 bits per heavy atom. The molecule has 0 amide bonds. The van der Waals surface area contributed by atoms with E-state index in [0.29, 0.717) is 29.2 Å². The summed E-state index contributed by atoms with van der Waals surface area (Å²) < 4.78 is 0. The smallest absolute Gasteiger partial charge is 0.182 e. The topological polar surface area (TPSA) is 85.8 Å². The highest BCUT2D eigenvalue weighted by Gasteiger charge is 2.48. The lowest BCUT2D eigenvalue weighted by atomic mass is 9.70. The van der Waals surface area contributed by atoms with E-state index in [9.17, 15) is 9.90 Å². The first-order valence-corrected chi connectivity index (χ1v) is 17.4. The van der Waals surface area contributed by atoms with Crippen molar-refractivity contribution in [3.8, 4) is 0 Å². The molecule has 3 aromatic rings. The third-order valence-electron chi connectivity index (χ3n) is 11.7. The molecule has 4 N–H and O–H groups in total. The molecule has 236 valence electrons. The Morgan fingerprint density at radius 2 is 1.57 bits per heavy atom. The summed E-state index contributed by atoms with van der Waals surface area (Å²) in [5, 5.41) is 25.9. The van der Waals surface area contributed by atoms with E-state index in [1.165, 1.54) is 18.4 Å². The number of anilines is 3. The SMILES string of the molecule is CC1CC(C)CC2(C1)N=C1C=CCc3ccc(C4C(=O)C(c5ccc6cccc7c6c5NC5(CC(C)CC(C)C5)N7)=C4O)c(c31)N2. The minimum Gasteiger partial charge on any atom is -0.510 e. The molecule has 6 heteroatoms. The Morgan fingerprint density at radius 3 is 2.30 bits per heavy atom. The van der Waals surface area contributed by atoms with Crippen molar-refractivity contribution in [1.82, 2.24) is 0 Å². The Balaban J connectivity index is 1.16. The molecule has 2 aliphatic heterocycles. The summed E-state index contributed by atoms with van der Waals surface area (Å²) in [5.41, 5.74) is 7.85. The van der Waals surface area contributed by atoms with Crippen LogP contribution in [-0.4, -0.2) is 27.9 Å². The predicted octanol–water partition coefficient (Wildman–Crippen LogP) is 8.94. The minimum absolute atomic E-state index is 0.0156. The number of nitrogens with zero attached hydrogens (tertiary/aromatic N) is 1. The van der Waals surface area contributed by atoms with E-state index < -0.39 is 5.92 Å². The van der Waals surface area contributed by atoms with E-state index in [1.54, 1.807) is 0 Å². The molecule has 5 atom stereocenters. The number of carbonyl (C=O) groups is 1. The zero-order valence-corrected chi connectivity index (χ0v) is 27.3. The standard InChI is InChI=1S/C40H44N4O2/c1-21-15-22(2)18-39(17-21)41-29-9-5-7-25-11-13-27(35(43-39)31(25)29)33-37(45)34(38(33)46)28-14-12-26-8-6-10-30-32(26)36(28)44-40(42-30)19-23(3)16-24(4)20-40/h5-7,9-14,21-24,34,41,43-45H,8,15-20H2,1-4H3. The van der Waals surface area contributed by atoms with Gasteiger partial charge in [-0.05, 0) is 97.3 Å². The molecule has 6 nitrogen and oxygen atoms in total. The van der Waals surface area contributed by atoms with Crippen molar-refractivity contribution in [3.63, 3.8) is 0 Å². The molecule has 0 saturated heterocycles. The normalized spacial score (nSPS) is 34.0. The molecule has 5 unspecified atom stereocenters. The number of hydrogen-bond acceptors (Lipinski definition) is 6. The molecular weight excluding hydrogens is 568 g/mol. The number of aliphatic hydroxyl groups excluding tert-OH is 1. The van der Waals surface area contributed by atoms with E-state index >= 15 is 0 Å². The van der Waals surface area contributed by atoms with E-state index in [-0.39, 0.29) is 22.9 Å². The lowest BCUT2D eigenvalue weighted by Crippen LogP contribution is -2.53. The molecular formula is C40H44N4O2. The molecule has 2 fully saturated rings. The second kappa shape index (κ2) is 9.73. The van der Waals surface area contributed by atoms with Crippen LogP contribution < -0.4 is 16.0 Å². The Hall–Kier alpha value is -4.06. The molecule has 2 spiro atoms. The van der Waals surface area contributed by atoms with Crippen LogP contribution in [0.2, 0.25) is 0 Å². The highest BCUT2D eigenvalue weighted by molar-refractivity contribution is 6.34. The van der Waals surface area contributed by atoms with Crippen molar-refractivity contribution in [2.45, 2.75) is 89.9 Å². The van der Waals surface area contributed by atoms with Crippen molar-refractivity contribution in [2.75, 3.05) is 16.0 Å². The van der Waals surface area contributed by atoms with Crippen LogP contribution in [0.15, 0.2) is 65.4 Å². The molecule has 0 bridgehead atoms. The number of Topliss-reactive ketones (excluding diaryl/α,β-unsaturated/α-hetero) is 1. The summed E-state index contributed by atoms with van der Waals surface area (Å²) in [6.45, 7) is 9.31. The van der Waals surface area contributed by atoms with Gasteiger partial charge < -0.3 is 21.1 Å². The number of nitrogens with one attached hydrogen (secondary N) is 3. The van der Waals surface area contributed by atoms with Gasteiger partial charge in [0, 0.05) is 22.2 Å². The maximum Gasteiger partial charge on any atom is 0.182 e. The largest absolute Gasteiger partial charge is 0.510 e. The minimum atomic E-state index is -0.688. The summed E-state index contributed by atoms with van der Waals surface area (Å²) >= 11 is 0. The van der Waals surface area contributed by atoms with Gasteiger partial charge in [-0.2, -0.15) is 0 Å². The lowest BCUT2D eigenvalue weighted by Gasteiger charge is -2.48. The van der Waals surface area contributed by atoms with Gasteiger partial charge in [0.2, 0.25) is 0 Å². The predicted molar refractivity (Wildman–Crippen MR) is 188 cm³/mol. The number of carbonyl (C=O) groups excluding carboxylic acids is 1. The van der Waals surface area contributed by atoms with Crippen molar-refractivity contribution in [3.05, 3.63) is 82.6 Å². The number of benzene rings is 3. The van der Waals surface area contributed by atoms with Crippen LogP contribution in [0.25, 0.3) is 16.3 Å². The second-order valence-electron chi connectivity index (χ2n) is 15.8. The highest BCUT2D eigenvalue weighted by atomic mass is 16.3. The van der Waals surface area contributed by atoms with Crippen molar-refractivity contribution >= 4 is 44.9 Å². The van der Waals surface area contributed by atoms with Gasteiger partial charge in [0.05, 0.1) is 22.7 Å². The number of aliphatic hydroxyl groups is 1. The van der Waals surface area contributed by atoms with Gasteiger partial charge in [-0.15, -0.1) is 0 Å². The first kappa shape index (κ1) is 28.2. The fraction of sp³-hybridized carbons (Fsp3) is 0.450. The number of aliphatic imine (C=N–C) groups is 1. The molecule has 2 saturated carbocycles. The average molecular weight is 613 g/mol. The first-order chi connectivity index (χ1) is 22.1. The van der Waals surface area contributed by atoms with Gasteiger partial charge in [0.15, 0.2) is 5.78 Å². The van der Waals surface area contributed by atoms with Crippen LogP contribution in [0.4, 0.5) is 17.1 Å². The van der Waals surface area contributed by atoms with Crippen molar-refractivity contribution < 1.29 is 9.90 Å². The van der Waals surface area contributed by atoms with E-state index in [2.05, 4.69) is 92.2 Å². The van der Waals surface area contributed by atoms with Gasteiger partial charge in [0.1, 0.15) is 23.0 Å². The van der Waals surface area contributed by atoms with Crippen LogP contribution in [0.5, 0.6) is 0 Å². The van der Waals surface area contributed by atoms with Gasteiger partial charge >= 0.3 is 0 Å². The van der Waals surface area contributed by atoms with Crippen molar-refractivity contribution in [2.24, 2.45) is 28.7 Å². The molecule has 2 heterocycles. The van der Waals surface area contributed by atoms with Gasteiger partial charge in [-0.25, -0.2) is 0 Å². The zero-order chi connectivity index (χ0) is 31.5. The molecule has 4 aliphatic carbocycles. The average Bonchev–Trinajstić information content (AvgIpc) is 2.98. The third-order valence-corrected chi connectivity index (χ3v) is 11.7. The Bertz CT molecular complexity index is 1910. The Kier molecular flexibility index (Phi) is 5.96. The zero-order valence-electron chi connectivity index (χ0n) is 27.3. The van der Waals surface area contributed by atoms with Crippen LogP contribution >= 0.6 is 0 Å². The second-order valence-corrected chi connectivity index (χ2v) is 15.8. The van der Waals surface area contributed by atoms with Crippen LogP contribution in [0, 0.1) is 23.7 Å². The molecule has 0 aromatic heterocycles. The number of rotatable bonds is 2. The van der Waals surface area contributed by atoms with E-state index in [1.807, 2.05) is 6.07 Å². The quantitative estimate of drug-likeness (QED) is 0.232. The molecule has 9 rings (SSSR count). The summed E-state index contributed by atoms with van der Waals surface area (Å²) in [6.07, 6.45) is 11.6. The molecule has 46 heavy (non-hydrogen) atoms. The highest BCUT2D eigenvalue weighted by Crippen LogP contribution is 2.54. The van der Waals surface area contributed by atoms with Crippen LogP contribution in [0.3, 0.4) is 0 Å². The fourth-order valence-corrected chi connectivity index (χ4v) is 10.4. The van der Waals surface area contributed by atoms with Gasteiger partial charge in [-0.1, -0.05) is 70.2 Å². The fourth-order valence-electron chi connectivity index (χ4n) is 10.4. The van der Waals surface area contributed by atoms with Gasteiger partial charge in [-0.3, -0.25) is 9.79 Å². The summed E-state index contributed by atoms with van der Waals surface area (Å²) in [5.74, 6) is 1.74. The summed E-state index contributed by atoms with van der Waals surface area (Å²) in [4.78, 5) is 19.8. The maximum atomic E-state index is 14.4. The molecule has 0 radical (unpaired) electrons. The number of allylic oxidation sites excluding steroid dienone is 4. The number of hydrogen-bond donors (Lipinski definition) is 4. The van der Waals surface area contributed by atoms with Crippen molar-refractivity contribution in [1.29, 1.82) is 0 Å². The van der Waals surface area contributed by atoms with E-state index in [0.717, 1.165) is 82.3 Å². The third kappa shape index (κ3) is 4.07. The Labute approximate surface area is 271 Å². The maximum absolute atomic E-state index is 14.4. The summed E-state index contributed by atoms with van der Waals surface area (Å²) in [7, 11) is 0. The van der Waals surface area contributed by atoms with E-state index in [4.69, 9.17) is 4.99 Å². The first-order valence-electron chi connectivity index (χ1n) is 17.4. The lowest BCUT2D eigenvalue weighted by molar-refractivity contribution is -0.116.